The molecule has 0 spiro atoms. The third-order valence-corrected chi connectivity index (χ3v) is 3.44. The number of benzene rings is 1. The lowest BCUT2D eigenvalue weighted by Crippen LogP contribution is -2.05. The van der Waals surface area contributed by atoms with Gasteiger partial charge in [-0.25, -0.2) is 0 Å². The number of thioether (sulfide) groups is 1. The standard InChI is InChI=1S/C12H18ClNOS/c1-2-16-8-4-7-15-12-10(9-14)5-3-6-11(12)13/h3,5-6H,2,4,7-9,14H2,1H3. The van der Waals surface area contributed by atoms with Crippen LogP contribution >= 0.6 is 23.4 Å². The summed E-state index contributed by atoms with van der Waals surface area (Å²) in [4.78, 5) is 0. The summed E-state index contributed by atoms with van der Waals surface area (Å²) in [5.74, 6) is 3.02. The molecule has 0 bridgehead atoms. The summed E-state index contributed by atoms with van der Waals surface area (Å²) < 4.78 is 5.68. The van der Waals surface area contributed by atoms with E-state index in [0.29, 0.717) is 18.2 Å². The Bertz CT molecular complexity index is 320. The molecule has 2 N–H and O–H groups in total. The van der Waals surface area contributed by atoms with Gasteiger partial charge >= 0.3 is 0 Å². The number of ether oxygens (including phenoxy) is 1. The molecule has 0 heterocycles. The highest BCUT2D eigenvalue weighted by molar-refractivity contribution is 7.99. The van der Waals surface area contributed by atoms with Crippen LogP contribution in [-0.2, 0) is 6.54 Å². The van der Waals surface area contributed by atoms with Crippen LogP contribution in [0, 0.1) is 0 Å². The number of nitrogens with two attached hydrogens (primary N) is 1. The lowest BCUT2D eigenvalue weighted by Gasteiger charge is -2.11. The van der Waals surface area contributed by atoms with Crippen molar-refractivity contribution in [3.63, 3.8) is 0 Å². The van der Waals surface area contributed by atoms with Crippen LogP contribution < -0.4 is 10.5 Å². The third kappa shape index (κ3) is 4.24. The first-order valence-corrected chi connectivity index (χ1v) is 7.00. The molecule has 0 saturated heterocycles. The van der Waals surface area contributed by atoms with Crippen LogP contribution in [0.2, 0.25) is 5.02 Å². The highest BCUT2D eigenvalue weighted by atomic mass is 35.5. The summed E-state index contributed by atoms with van der Waals surface area (Å²) in [5, 5.41) is 0.645. The molecular formula is C12H18ClNOS. The number of hydrogen-bond donors (Lipinski definition) is 1. The zero-order valence-electron chi connectivity index (χ0n) is 9.54. The minimum Gasteiger partial charge on any atom is -0.492 e. The van der Waals surface area contributed by atoms with Crippen LogP contribution in [0.15, 0.2) is 18.2 Å². The molecule has 0 aliphatic carbocycles. The Kier molecular flexibility index (Phi) is 6.69. The van der Waals surface area contributed by atoms with Gasteiger partial charge in [0.05, 0.1) is 11.6 Å². The van der Waals surface area contributed by atoms with E-state index >= 15 is 0 Å². The van der Waals surface area contributed by atoms with E-state index in [9.17, 15) is 0 Å². The molecule has 0 aromatic heterocycles. The maximum atomic E-state index is 6.06. The van der Waals surface area contributed by atoms with Crippen LogP contribution in [0.3, 0.4) is 0 Å². The summed E-state index contributed by atoms with van der Waals surface area (Å²) in [6, 6.07) is 5.67. The fourth-order valence-electron chi connectivity index (χ4n) is 1.36. The zero-order valence-corrected chi connectivity index (χ0v) is 11.1. The SMILES string of the molecule is CCSCCCOc1c(Cl)cccc1CN. The van der Waals surface area contributed by atoms with E-state index in [1.165, 1.54) is 0 Å². The van der Waals surface area contributed by atoms with E-state index in [-0.39, 0.29) is 0 Å². The maximum Gasteiger partial charge on any atom is 0.142 e. The summed E-state index contributed by atoms with van der Waals surface area (Å²) in [6.07, 6.45) is 1.04. The van der Waals surface area contributed by atoms with Gasteiger partial charge in [-0.15, -0.1) is 0 Å². The monoisotopic (exact) mass is 259 g/mol. The van der Waals surface area contributed by atoms with Gasteiger partial charge in [-0.3, -0.25) is 0 Å². The molecule has 0 unspecified atom stereocenters. The lowest BCUT2D eigenvalue weighted by atomic mass is 10.2. The predicted molar refractivity (Wildman–Crippen MR) is 72.5 cm³/mol. The second-order valence-corrected chi connectivity index (χ2v) is 5.13. The fraction of sp³-hybridized carbons (Fsp3) is 0.500. The average Bonchev–Trinajstić information content (AvgIpc) is 2.30. The van der Waals surface area contributed by atoms with Gasteiger partial charge in [-0.05, 0) is 24.0 Å². The summed E-state index contributed by atoms with van der Waals surface area (Å²) in [6.45, 7) is 3.31. The summed E-state index contributed by atoms with van der Waals surface area (Å²) in [5.41, 5.74) is 6.60. The van der Waals surface area contributed by atoms with E-state index in [1.807, 2.05) is 30.0 Å². The van der Waals surface area contributed by atoms with E-state index in [2.05, 4.69) is 6.92 Å². The molecule has 0 fully saturated rings. The van der Waals surface area contributed by atoms with Gasteiger partial charge < -0.3 is 10.5 Å². The molecule has 0 atom stereocenters. The van der Waals surface area contributed by atoms with Crippen LogP contribution in [0.25, 0.3) is 0 Å². The van der Waals surface area contributed by atoms with Crippen molar-refractivity contribution in [2.45, 2.75) is 19.9 Å². The molecule has 4 heteroatoms. The topological polar surface area (TPSA) is 35.2 Å². The Labute approximate surface area is 107 Å². The van der Waals surface area contributed by atoms with Gasteiger partial charge in [-0.1, -0.05) is 30.7 Å². The molecular weight excluding hydrogens is 242 g/mol. The summed E-state index contributed by atoms with van der Waals surface area (Å²) >= 11 is 7.98. The predicted octanol–water partition coefficient (Wildman–Crippen LogP) is 3.32. The Hall–Kier alpha value is -0.380. The first-order chi connectivity index (χ1) is 7.79. The third-order valence-electron chi connectivity index (χ3n) is 2.15. The molecule has 16 heavy (non-hydrogen) atoms. The van der Waals surface area contributed by atoms with Crippen LogP contribution in [-0.4, -0.2) is 18.1 Å². The Balaban J connectivity index is 2.46. The molecule has 0 radical (unpaired) electrons. The zero-order chi connectivity index (χ0) is 11.8. The largest absolute Gasteiger partial charge is 0.492 e. The second-order valence-electron chi connectivity index (χ2n) is 3.33. The number of hydrogen-bond acceptors (Lipinski definition) is 3. The molecule has 0 aliphatic rings. The van der Waals surface area contributed by atoms with Crippen molar-refractivity contribution in [3.8, 4) is 5.75 Å². The van der Waals surface area contributed by atoms with Crippen molar-refractivity contribution in [3.05, 3.63) is 28.8 Å². The molecule has 2 nitrogen and oxygen atoms in total. The van der Waals surface area contributed by atoms with Crippen LogP contribution in [0.1, 0.15) is 18.9 Å². The normalized spacial score (nSPS) is 10.4. The highest BCUT2D eigenvalue weighted by Gasteiger charge is 2.06. The number of rotatable bonds is 7. The maximum absolute atomic E-state index is 6.06. The Morgan fingerprint density at radius 3 is 2.94 bits per heavy atom. The van der Waals surface area contributed by atoms with E-state index < -0.39 is 0 Å². The molecule has 0 saturated carbocycles. The van der Waals surface area contributed by atoms with Gasteiger partial charge in [-0.2, -0.15) is 11.8 Å². The van der Waals surface area contributed by atoms with Crippen molar-refractivity contribution < 1.29 is 4.74 Å². The molecule has 1 rings (SSSR count). The van der Waals surface area contributed by atoms with Gasteiger partial charge in [0, 0.05) is 12.1 Å². The van der Waals surface area contributed by atoms with Crippen molar-refractivity contribution in [2.75, 3.05) is 18.1 Å². The van der Waals surface area contributed by atoms with E-state index in [1.54, 1.807) is 0 Å². The molecule has 0 amide bonds. The van der Waals surface area contributed by atoms with Gasteiger partial charge in [0.15, 0.2) is 0 Å². The first kappa shape index (κ1) is 13.7. The van der Waals surface area contributed by atoms with Gasteiger partial charge in [0.2, 0.25) is 0 Å². The van der Waals surface area contributed by atoms with Crippen molar-refractivity contribution in [1.29, 1.82) is 0 Å². The van der Waals surface area contributed by atoms with E-state index in [4.69, 9.17) is 22.1 Å². The number of halogens is 1. The highest BCUT2D eigenvalue weighted by Crippen LogP contribution is 2.28. The molecule has 1 aromatic rings. The van der Waals surface area contributed by atoms with Crippen LogP contribution in [0.5, 0.6) is 5.75 Å². The molecule has 90 valence electrons. The van der Waals surface area contributed by atoms with Crippen molar-refractivity contribution in [1.82, 2.24) is 0 Å². The molecule has 1 aromatic carbocycles. The Morgan fingerprint density at radius 1 is 1.44 bits per heavy atom. The first-order valence-electron chi connectivity index (χ1n) is 5.47. The average molecular weight is 260 g/mol. The molecule has 0 aliphatic heterocycles. The smallest absolute Gasteiger partial charge is 0.142 e. The Morgan fingerprint density at radius 2 is 2.25 bits per heavy atom. The van der Waals surface area contributed by atoms with Crippen molar-refractivity contribution >= 4 is 23.4 Å². The van der Waals surface area contributed by atoms with Gasteiger partial charge in [0.1, 0.15) is 5.75 Å². The van der Waals surface area contributed by atoms with Crippen molar-refractivity contribution in [2.24, 2.45) is 5.73 Å². The van der Waals surface area contributed by atoms with Gasteiger partial charge in [0.25, 0.3) is 0 Å². The minimum atomic E-state index is 0.458. The van der Waals surface area contributed by atoms with Crippen LogP contribution in [0.4, 0.5) is 0 Å². The lowest BCUT2D eigenvalue weighted by molar-refractivity contribution is 0.315. The summed E-state index contributed by atoms with van der Waals surface area (Å²) in [7, 11) is 0. The second kappa shape index (κ2) is 7.82. The fourth-order valence-corrected chi connectivity index (χ4v) is 2.21. The van der Waals surface area contributed by atoms with E-state index in [0.717, 1.165) is 29.2 Å². The minimum absolute atomic E-state index is 0.458. The number of para-hydroxylation sites is 1. The quantitative estimate of drug-likeness (QED) is 0.763.